The van der Waals surface area contributed by atoms with E-state index < -0.39 is 0 Å². The third kappa shape index (κ3) is 2.86. The summed E-state index contributed by atoms with van der Waals surface area (Å²) in [6.07, 6.45) is 4.69. The van der Waals surface area contributed by atoms with Crippen LogP contribution in [-0.4, -0.2) is 26.8 Å². The van der Waals surface area contributed by atoms with Crippen molar-refractivity contribution in [2.75, 3.05) is 11.6 Å². The summed E-state index contributed by atoms with van der Waals surface area (Å²) in [6, 6.07) is 11.0. The number of benzene rings is 1. The van der Waals surface area contributed by atoms with Crippen LogP contribution in [-0.2, 0) is 4.79 Å². The fraction of sp³-hybridized carbons (Fsp3) is 0.250. The number of hydrogen-bond acceptors (Lipinski definition) is 6. The molecule has 0 bridgehead atoms. The molecule has 0 unspecified atom stereocenters. The van der Waals surface area contributed by atoms with E-state index in [0.29, 0.717) is 29.0 Å². The fourth-order valence-corrected chi connectivity index (χ4v) is 4.43. The average Bonchev–Trinajstić information content (AvgIpc) is 3.36. The lowest BCUT2D eigenvalue weighted by Gasteiger charge is -2.34. The lowest BCUT2D eigenvalue weighted by atomic mass is 9.79. The van der Waals surface area contributed by atoms with Gasteiger partial charge in [0.15, 0.2) is 5.78 Å². The molecule has 2 aromatic heterocycles. The molecule has 0 saturated carbocycles. The highest BCUT2D eigenvalue weighted by molar-refractivity contribution is 7.98. The van der Waals surface area contributed by atoms with Crippen LogP contribution in [0.5, 0.6) is 0 Å². The Morgan fingerprint density at radius 1 is 1.25 bits per heavy atom. The number of halogens is 1. The van der Waals surface area contributed by atoms with E-state index >= 15 is 0 Å². The third-order valence-corrected chi connectivity index (χ3v) is 6.00. The quantitative estimate of drug-likeness (QED) is 0.630. The molecule has 2 aliphatic rings. The fourth-order valence-electron chi connectivity index (χ4n) is 3.96. The minimum absolute atomic E-state index is 0.0223. The van der Waals surface area contributed by atoms with E-state index in [4.69, 9.17) is 16.0 Å². The van der Waals surface area contributed by atoms with Crippen molar-refractivity contribution < 1.29 is 9.21 Å². The van der Waals surface area contributed by atoms with Gasteiger partial charge in [-0.3, -0.25) is 4.79 Å². The molecule has 0 fully saturated rings. The first-order valence-electron chi connectivity index (χ1n) is 8.96. The normalized spacial score (nSPS) is 21.3. The second-order valence-corrected chi connectivity index (χ2v) is 8.09. The van der Waals surface area contributed by atoms with Crippen LogP contribution in [0.4, 0.5) is 5.95 Å². The number of furan rings is 1. The summed E-state index contributed by atoms with van der Waals surface area (Å²) in [5.74, 6) is 1.61. The van der Waals surface area contributed by atoms with E-state index in [-0.39, 0.29) is 17.7 Å². The molecule has 0 amide bonds. The number of nitrogens with one attached hydrogen (secondary N) is 1. The third-order valence-electron chi connectivity index (χ3n) is 5.21. The van der Waals surface area contributed by atoms with Crippen molar-refractivity contribution in [1.82, 2.24) is 14.8 Å². The summed E-state index contributed by atoms with van der Waals surface area (Å²) in [7, 11) is 0. The monoisotopic (exact) mass is 412 g/mol. The van der Waals surface area contributed by atoms with Gasteiger partial charge >= 0.3 is 0 Å². The van der Waals surface area contributed by atoms with Gasteiger partial charge in [0.1, 0.15) is 11.8 Å². The summed E-state index contributed by atoms with van der Waals surface area (Å²) in [4.78, 5) is 17.8. The highest BCUT2D eigenvalue weighted by Crippen LogP contribution is 2.44. The first kappa shape index (κ1) is 17.6. The van der Waals surface area contributed by atoms with Gasteiger partial charge in [0, 0.05) is 28.6 Å². The van der Waals surface area contributed by atoms with Gasteiger partial charge in [-0.25, -0.2) is 4.68 Å². The number of anilines is 1. The standard InChI is InChI=1S/C20H17ClN4O2S/c1-28-20-23-19-22-14-9-12(16-3-2-8-27-16)10-15(26)17(14)18(25(19)24-20)11-4-6-13(21)7-5-11/h2-8,12,18H,9-10H2,1H3,(H,22,23,24)/t12-,18+/m1/s1. The molecular formula is C20H17ClN4O2S. The first-order valence-corrected chi connectivity index (χ1v) is 10.6. The molecule has 0 saturated heterocycles. The van der Waals surface area contributed by atoms with Crippen LogP contribution >= 0.6 is 23.4 Å². The van der Waals surface area contributed by atoms with Crippen LogP contribution < -0.4 is 5.32 Å². The Hall–Kier alpha value is -2.51. The molecule has 8 heteroatoms. The minimum Gasteiger partial charge on any atom is -0.469 e. The number of allylic oxidation sites excluding steroid dienone is 2. The Labute approximate surface area is 171 Å². The molecule has 6 nitrogen and oxygen atoms in total. The highest BCUT2D eigenvalue weighted by Gasteiger charge is 2.40. The zero-order valence-corrected chi connectivity index (χ0v) is 16.6. The molecule has 0 spiro atoms. The van der Waals surface area contributed by atoms with Gasteiger partial charge in [-0.2, -0.15) is 4.98 Å². The van der Waals surface area contributed by atoms with Gasteiger partial charge < -0.3 is 9.73 Å². The summed E-state index contributed by atoms with van der Waals surface area (Å²) in [5.41, 5.74) is 2.60. The molecule has 5 rings (SSSR count). The molecule has 3 aromatic rings. The number of aromatic nitrogens is 3. The Kier molecular flexibility index (Phi) is 4.29. The number of rotatable bonds is 3. The molecule has 3 heterocycles. The number of ketones is 1. The van der Waals surface area contributed by atoms with Gasteiger partial charge in [-0.15, -0.1) is 5.10 Å². The van der Waals surface area contributed by atoms with Gasteiger partial charge in [0.25, 0.3) is 0 Å². The summed E-state index contributed by atoms with van der Waals surface area (Å²) in [5, 5.41) is 9.29. The molecule has 1 aromatic carbocycles. The Bertz CT molecular complexity index is 1070. The second-order valence-electron chi connectivity index (χ2n) is 6.88. The van der Waals surface area contributed by atoms with Crippen LogP contribution in [0.15, 0.2) is 63.5 Å². The summed E-state index contributed by atoms with van der Waals surface area (Å²) < 4.78 is 7.37. The lowest BCUT2D eigenvalue weighted by molar-refractivity contribution is -0.117. The van der Waals surface area contributed by atoms with E-state index in [1.54, 1.807) is 10.9 Å². The van der Waals surface area contributed by atoms with Crippen LogP contribution in [0.25, 0.3) is 0 Å². The number of fused-ring (bicyclic) bond motifs is 1. The van der Waals surface area contributed by atoms with Crippen LogP contribution in [0.2, 0.25) is 5.02 Å². The van der Waals surface area contributed by atoms with E-state index in [1.807, 2.05) is 42.7 Å². The van der Waals surface area contributed by atoms with Crippen molar-refractivity contribution in [3.8, 4) is 0 Å². The molecule has 1 aliphatic carbocycles. The Morgan fingerprint density at radius 3 is 2.79 bits per heavy atom. The number of thioether (sulfide) groups is 1. The molecule has 2 atom stereocenters. The molecular weight excluding hydrogens is 396 g/mol. The smallest absolute Gasteiger partial charge is 0.227 e. The number of nitrogens with zero attached hydrogens (tertiary/aromatic N) is 3. The zero-order chi connectivity index (χ0) is 19.3. The SMILES string of the molecule is CSc1nc2n(n1)[C@@H](c1ccc(Cl)cc1)C1=C(C[C@@H](c3ccco3)CC1=O)N2. The lowest BCUT2D eigenvalue weighted by Crippen LogP contribution is -2.33. The van der Waals surface area contributed by atoms with Crippen molar-refractivity contribution in [2.45, 2.75) is 30.0 Å². The zero-order valence-electron chi connectivity index (χ0n) is 15.1. The van der Waals surface area contributed by atoms with Crippen molar-refractivity contribution in [1.29, 1.82) is 0 Å². The number of carbonyl (C=O) groups excluding carboxylic acids is 1. The van der Waals surface area contributed by atoms with Gasteiger partial charge in [-0.05, 0) is 42.5 Å². The van der Waals surface area contributed by atoms with E-state index in [9.17, 15) is 4.79 Å². The second kappa shape index (κ2) is 6.83. The van der Waals surface area contributed by atoms with Crippen molar-refractivity contribution in [3.05, 3.63) is 70.3 Å². The van der Waals surface area contributed by atoms with Gasteiger partial charge in [0.2, 0.25) is 11.1 Å². The number of carbonyl (C=O) groups is 1. The van der Waals surface area contributed by atoms with Crippen LogP contribution in [0.3, 0.4) is 0 Å². The predicted molar refractivity (Wildman–Crippen MR) is 108 cm³/mol. The van der Waals surface area contributed by atoms with Gasteiger partial charge in [0.05, 0.1) is 6.26 Å². The largest absolute Gasteiger partial charge is 0.469 e. The molecule has 28 heavy (non-hydrogen) atoms. The van der Waals surface area contributed by atoms with Crippen molar-refractivity contribution >= 4 is 35.1 Å². The predicted octanol–water partition coefficient (Wildman–Crippen LogP) is 4.66. The van der Waals surface area contributed by atoms with E-state index in [1.165, 1.54) is 11.8 Å². The Balaban J connectivity index is 1.63. The number of Topliss-reactive ketones (excluding diaryl/α,β-unsaturated/α-hetero) is 1. The minimum atomic E-state index is -0.318. The van der Waals surface area contributed by atoms with Gasteiger partial charge in [-0.1, -0.05) is 35.5 Å². The topological polar surface area (TPSA) is 73.0 Å². The Morgan fingerprint density at radius 2 is 2.07 bits per heavy atom. The first-order chi connectivity index (χ1) is 13.6. The average molecular weight is 413 g/mol. The molecule has 142 valence electrons. The van der Waals surface area contributed by atoms with Crippen molar-refractivity contribution in [3.63, 3.8) is 0 Å². The van der Waals surface area contributed by atoms with E-state index in [0.717, 1.165) is 22.6 Å². The van der Waals surface area contributed by atoms with Crippen LogP contribution in [0.1, 0.15) is 36.1 Å². The molecule has 1 N–H and O–H groups in total. The van der Waals surface area contributed by atoms with E-state index in [2.05, 4.69) is 15.4 Å². The maximum atomic E-state index is 13.2. The number of hydrogen-bond donors (Lipinski definition) is 1. The molecule has 0 radical (unpaired) electrons. The van der Waals surface area contributed by atoms with Crippen LogP contribution in [0, 0.1) is 0 Å². The maximum absolute atomic E-state index is 13.2. The highest BCUT2D eigenvalue weighted by atomic mass is 35.5. The molecule has 1 aliphatic heterocycles. The van der Waals surface area contributed by atoms with Crippen molar-refractivity contribution in [2.24, 2.45) is 0 Å². The summed E-state index contributed by atoms with van der Waals surface area (Å²) >= 11 is 7.55. The summed E-state index contributed by atoms with van der Waals surface area (Å²) in [6.45, 7) is 0. The maximum Gasteiger partial charge on any atom is 0.227 e.